The molecule has 54 heavy (non-hydrogen) atoms. The fraction of sp³-hybridized carbons (Fsp3) is 0.524. The van der Waals surface area contributed by atoms with Crippen molar-refractivity contribution < 1.29 is 47.5 Å². The molecule has 3 fully saturated rings. The number of hydrogen-bond acceptors (Lipinski definition) is 10. The molecule has 3 aromatic rings. The number of amides is 2. The van der Waals surface area contributed by atoms with Gasteiger partial charge in [0.15, 0.2) is 12.6 Å². The lowest BCUT2D eigenvalue weighted by Crippen LogP contribution is -2.39. The summed E-state index contributed by atoms with van der Waals surface area (Å²) in [6.07, 6.45) is 7.67. The van der Waals surface area contributed by atoms with E-state index in [1.165, 1.54) is 26.7 Å². The highest BCUT2D eigenvalue weighted by atomic mass is 16.7. The van der Waals surface area contributed by atoms with Crippen LogP contribution in [0.15, 0.2) is 78.9 Å². The maximum atomic E-state index is 10.8. The number of rotatable bonds is 17. The first kappa shape index (κ1) is 40.8. The molecule has 2 amide bonds. The monoisotopic (exact) mass is 748 g/mol. The largest absolute Gasteiger partial charge is 0.490 e. The van der Waals surface area contributed by atoms with Crippen LogP contribution in [0.3, 0.4) is 0 Å². The van der Waals surface area contributed by atoms with Crippen LogP contribution in [0.25, 0.3) is 0 Å². The lowest BCUT2D eigenvalue weighted by Gasteiger charge is -2.29. The van der Waals surface area contributed by atoms with Crippen LogP contribution in [-0.4, -0.2) is 82.2 Å². The molecule has 2 heterocycles. The summed E-state index contributed by atoms with van der Waals surface area (Å²) in [4.78, 5) is 21.7. The third kappa shape index (κ3) is 15.5. The molecule has 2 saturated heterocycles. The highest BCUT2D eigenvalue weighted by molar-refractivity contribution is 5.73. The Kier molecular flexibility index (Phi) is 17.2. The standard InChI is InChI=1S/C22H27NO5.C20H29NO5/c1-17(24)23-13-5-8-22-26-15-21(16-27-22)28-20-11-9-19(10-12-20)25-14-18-6-3-2-4-7-18;1-15(22)21-12-4-7-20-23-13-19(14-24-20)26-18-10-8-17(9-11-18)25-16-5-2-3-6-16/h2-4,6-7,9-12,21-22H,5,8,13-16H2,1H3,(H,23,24);8-11,16,19-20H,2-7,12-14H2,1H3,(H,21,22). The molecule has 0 unspecified atom stereocenters. The van der Waals surface area contributed by atoms with Crippen LogP contribution >= 0.6 is 0 Å². The van der Waals surface area contributed by atoms with Crippen molar-refractivity contribution in [1.82, 2.24) is 10.6 Å². The summed E-state index contributed by atoms with van der Waals surface area (Å²) in [5.41, 5.74) is 1.13. The Bertz CT molecular complexity index is 1490. The van der Waals surface area contributed by atoms with Crippen LogP contribution in [-0.2, 0) is 35.1 Å². The van der Waals surface area contributed by atoms with Crippen molar-refractivity contribution in [2.75, 3.05) is 39.5 Å². The van der Waals surface area contributed by atoms with Gasteiger partial charge in [-0.2, -0.15) is 0 Å². The normalized spacial score (nSPS) is 21.2. The second kappa shape index (κ2) is 22.8. The van der Waals surface area contributed by atoms with Gasteiger partial charge in [-0.1, -0.05) is 30.3 Å². The Balaban J connectivity index is 0.000000208. The van der Waals surface area contributed by atoms with E-state index in [0.29, 0.717) is 52.2 Å². The van der Waals surface area contributed by atoms with Gasteiger partial charge in [0.2, 0.25) is 11.8 Å². The molecular formula is C42H56N2O10. The molecule has 0 spiro atoms. The van der Waals surface area contributed by atoms with Gasteiger partial charge in [0.25, 0.3) is 0 Å². The molecule has 1 saturated carbocycles. The van der Waals surface area contributed by atoms with E-state index in [9.17, 15) is 9.59 Å². The summed E-state index contributed by atoms with van der Waals surface area (Å²) in [6, 6.07) is 25.4. The van der Waals surface area contributed by atoms with E-state index in [-0.39, 0.29) is 36.6 Å². The molecule has 3 aromatic carbocycles. The number of benzene rings is 3. The van der Waals surface area contributed by atoms with Crippen molar-refractivity contribution in [3.63, 3.8) is 0 Å². The molecule has 3 aliphatic rings. The van der Waals surface area contributed by atoms with Gasteiger partial charge in [-0.05, 0) is 92.6 Å². The first-order chi connectivity index (χ1) is 26.4. The number of hydrogen-bond donors (Lipinski definition) is 2. The molecule has 0 bridgehead atoms. The van der Waals surface area contributed by atoms with E-state index >= 15 is 0 Å². The Morgan fingerprint density at radius 3 is 1.41 bits per heavy atom. The van der Waals surface area contributed by atoms with Gasteiger partial charge >= 0.3 is 0 Å². The molecule has 6 rings (SSSR count). The minimum Gasteiger partial charge on any atom is -0.490 e. The first-order valence-electron chi connectivity index (χ1n) is 19.2. The van der Waals surface area contributed by atoms with Crippen LogP contribution < -0.4 is 29.6 Å². The van der Waals surface area contributed by atoms with E-state index in [1.807, 2.05) is 78.9 Å². The average molecular weight is 749 g/mol. The topological polar surface area (TPSA) is 132 Å². The molecule has 0 atom stereocenters. The average Bonchev–Trinajstić information content (AvgIpc) is 3.71. The maximum absolute atomic E-state index is 10.8. The van der Waals surface area contributed by atoms with Crippen molar-refractivity contribution in [2.24, 2.45) is 0 Å². The van der Waals surface area contributed by atoms with Gasteiger partial charge < -0.3 is 48.5 Å². The smallest absolute Gasteiger partial charge is 0.216 e. The molecule has 0 aromatic heterocycles. The highest BCUT2D eigenvalue weighted by Gasteiger charge is 2.25. The zero-order chi connectivity index (χ0) is 37.8. The summed E-state index contributed by atoms with van der Waals surface area (Å²) in [5.74, 6) is 3.23. The molecule has 2 N–H and O–H groups in total. The molecule has 12 heteroatoms. The predicted molar refractivity (Wildman–Crippen MR) is 203 cm³/mol. The minimum atomic E-state index is -0.234. The van der Waals surface area contributed by atoms with Gasteiger partial charge in [0.1, 0.15) is 41.8 Å². The maximum Gasteiger partial charge on any atom is 0.216 e. The van der Waals surface area contributed by atoms with Gasteiger partial charge in [-0.3, -0.25) is 9.59 Å². The quantitative estimate of drug-likeness (QED) is 0.151. The summed E-state index contributed by atoms with van der Waals surface area (Å²) in [5, 5.41) is 5.53. The van der Waals surface area contributed by atoms with Crippen LogP contribution in [0.1, 0.15) is 70.8 Å². The van der Waals surface area contributed by atoms with Crippen molar-refractivity contribution >= 4 is 11.8 Å². The third-order valence-electron chi connectivity index (χ3n) is 8.96. The van der Waals surface area contributed by atoms with Gasteiger partial charge in [-0.25, -0.2) is 0 Å². The Labute approximate surface area is 319 Å². The van der Waals surface area contributed by atoms with E-state index in [1.54, 1.807) is 0 Å². The van der Waals surface area contributed by atoms with Gasteiger partial charge in [0.05, 0.1) is 32.5 Å². The fourth-order valence-corrected chi connectivity index (χ4v) is 6.12. The summed E-state index contributed by atoms with van der Waals surface area (Å²) >= 11 is 0. The van der Waals surface area contributed by atoms with E-state index < -0.39 is 0 Å². The van der Waals surface area contributed by atoms with E-state index in [4.69, 9.17) is 37.9 Å². The molecular weight excluding hydrogens is 692 g/mol. The Morgan fingerprint density at radius 1 is 0.574 bits per heavy atom. The molecule has 12 nitrogen and oxygen atoms in total. The summed E-state index contributed by atoms with van der Waals surface area (Å²) < 4.78 is 46.4. The Morgan fingerprint density at radius 2 is 0.981 bits per heavy atom. The number of ether oxygens (including phenoxy) is 8. The highest BCUT2D eigenvalue weighted by Crippen LogP contribution is 2.27. The predicted octanol–water partition coefficient (Wildman–Crippen LogP) is 6.35. The third-order valence-corrected chi connectivity index (χ3v) is 8.96. The van der Waals surface area contributed by atoms with E-state index in [2.05, 4.69) is 10.6 Å². The number of carbonyl (C=O) groups is 2. The second-order valence-electron chi connectivity index (χ2n) is 13.7. The van der Waals surface area contributed by atoms with Crippen molar-refractivity contribution in [3.8, 4) is 23.0 Å². The Hall–Kier alpha value is -4.36. The lowest BCUT2D eigenvalue weighted by molar-refractivity contribution is -0.213. The summed E-state index contributed by atoms with van der Waals surface area (Å²) in [7, 11) is 0. The minimum absolute atomic E-state index is 0.0106. The van der Waals surface area contributed by atoms with Crippen molar-refractivity contribution in [2.45, 2.75) is 103 Å². The second-order valence-corrected chi connectivity index (χ2v) is 13.7. The van der Waals surface area contributed by atoms with Crippen LogP contribution in [0.5, 0.6) is 23.0 Å². The first-order valence-corrected chi connectivity index (χ1v) is 19.2. The van der Waals surface area contributed by atoms with Crippen LogP contribution in [0.2, 0.25) is 0 Å². The molecule has 0 radical (unpaired) electrons. The SMILES string of the molecule is CC(=O)NCCCC1OCC(Oc2ccc(OC3CCCC3)cc2)CO1.CC(=O)NCCCC1OCC(Oc2ccc(OCc3ccccc3)cc2)CO1. The van der Waals surface area contributed by atoms with Crippen molar-refractivity contribution in [1.29, 1.82) is 0 Å². The molecule has 294 valence electrons. The van der Waals surface area contributed by atoms with Gasteiger partial charge in [0, 0.05) is 39.8 Å². The number of nitrogens with one attached hydrogen (secondary N) is 2. The fourth-order valence-electron chi connectivity index (χ4n) is 6.12. The molecule has 1 aliphatic carbocycles. The molecule has 2 aliphatic heterocycles. The van der Waals surface area contributed by atoms with Gasteiger partial charge in [-0.15, -0.1) is 0 Å². The lowest BCUT2D eigenvalue weighted by atomic mass is 10.2. The van der Waals surface area contributed by atoms with Crippen LogP contribution in [0, 0.1) is 0 Å². The summed E-state index contributed by atoms with van der Waals surface area (Å²) in [6.45, 7) is 6.82. The van der Waals surface area contributed by atoms with Crippen molar-refractivity contribution in [3.05, 3.63) is 84.4 Å². The number of carbonyl (C=O) groups excluding carboxylic acids is 2. The van der Waals surface area contributed by atoms with E-state index in [0.717, 1.165) is 67.1 Å². The zero-order valence-electron chi connectivity index (χ0n) is 31.6. The zero-order valence-corrected chi connectivity index (χ0v) is 31.6. The van der Waals surface area contributed by atoms with Crippen LogP contribution in [0.4, 0.5) is 0 Å².